The highest BCUT2D eigenvalue weighted by Gasteiger charge is 2.41. The number of hydrogen-bond acceptors (Lipinski definition) is 2. The number of carbonyl (C=O) groups excluding carboxylic acids is 1. The van der Waals surface area contributed by atoms with Crippen molar-refractivity contribution >= 4 is 11.9 Å². The minimum atomic E-state index is -4.13. The average Bonchev–Trinajstić information content (AvgIpc) is 2.35. The van der Waals surface area contributed by atoms with Crippen molar-refractivity contribution in [1.82, 2.24) is 4.90 Å². The van der Waals surface area contributed by atoms with Crippen LogP contribution >= 0.6 is 0 Å². The van der Waals surface area contributed by atoms with E-state index in [2.05, 4.69) is 0 Å². The molecule has 4 nitrogen and oxygen atoms in total. The van der Waals surface area contributed by atoms with Gasteiger partial charge in [0.2, 0.25) is 5.91 Å². The number of nitrogens with zero attached hydrogens (tertiary/aromatic N) is 1. The Morgan fingerprint density at radius 1 is 1.20 bits per heavy atom. The summed E-state index contributed by atoms with van der Waals surface area (Å²) in [5.41, 5.74) is 0. The summed E-state index contributed by atoms with van der Waals surface area (Å²) in [6.45, 7) is 0.131. The molecule has 1 fully saturated rings. The normalized spacial score (nSPS) is 23.4. The third-order valence-corrected chi connectivity index (χ3v) is 3.86. The van der Waals surface area contributed by atoms with Crippen molar-refractivity contribution in [3.05, 3.63) is 0 Å². The Balaban J connectivity index is 2.32. The Morgan fingerprint density at radius 2 is 1.75 bits per heavy atom. The number of hydrogen-bond donors (Lipinski definition) is 1. The van der Waals surface area contributed by atoms with Crippen molar-refractivity contribution in [1.29, 1.82) is 0 Å². The van der Waals surface area contributed by atoms with Gasteiger partial charge < -0.3 is 10.0 Å². The van der Waals surface area contributed by atoms with E-state index in [1.54, 1.807) is 0 Å². The SMILES string of the molecule is CN(CCC(=O)O)C(=O)CC1CCC(C(F)(F)F)CC1. The van der Waals surface area contributed by atoms with Gasteiger partial charge in [-0.1, -0.05) is 0 Å². The van der Waals surface area contributed by atoms with E-state index in [0.29, 0.717) is 12.8 Å². The molecular weight excluding hydrogens is 275 g/mol. The molecule has 1 saturated carbocycles. The van der Waals surface area contributed by atoms with Gasteiger partial charge in [-0.05, 0) is 31.6 Å². The van der Waals surface area contributed by atoms with Crippen molar-refractivity contribution in [3.8, 4) is 0 Å². The number of carboxylic acids is 1. The standard InChI is InChI=1S/C13H20F3NO3/c1-17(7-6-12(19)20)11(18)8-9-2-4-10(5-3-9)13(14,15)16/h9-10H,2-8H2,1H3,(H,19,20). The minimum absolute atomic E-state index is 0.0200. The fourth-order valence-corrected chi connectivity index (χ4v) is 2.48. The van der Waals surface area contributed by atoms with Gasteiger partial charge in [-0.3, -0.25) is 9.59 Å². The summed E-state index contributed by atoms with van der Waals surface area (Å²) in [4.78, 5) is 23.6. The van der Waals surface area contributed by atoms with Crippen molar-refractivity contribution in [2.24, 2.45) is 11.8 Å². The third kappa shape index (κ3) is 5.38. The van der Waals surface area contributed by atoms with Gasteiger partial charge >= 0.3 is 12.1 Å². The lowest BCUT2D eigenvalue weighted by Gasteiger charge is -2.30. The van der Waals surface area contributed by atoms with Gasteiger partial charge in [0.25, 0.3) is 0 Å². The predicted molar refractivity (Wildman–Crippen MR) is 66.0 cm³/mol. The maximum atomic E-state index is 12.5. The molecule has 1 N–H and O–H groups in total. The van der Waals surface area contributed by atoms with E-state index in [0.717, 1.165) is 0 Å². The Labute approximate surface area is 115 Å². The van der Waals surface area contributed by atoms with Crippen LogP contribution in [0.1, 0.15) is 38.5 Å². The number of aliphatic carboxylic acids is 1. The van der Waals surface area contributed by atoms with Gasteiger partial charge in [0, 0.05) is 20.0 Å². The molecule has 116 valence electrons. The first-order chi connectivity index (χ1) is 9.20. The molecule has 7 heteroatoms. The van der Waals surface area contributed by atoms with Crippen LogP contribution in [0.15, 0.2) is 0 Å². The van der Waals surface area contributed by atoms with Crippen molar-refractivity contribution in [2.75, 3.05) is 13.6 Å². The van der Waals surface area contributed by atoms with E-state index in [9.17, 15) is 22.8 Å². The summed E-state index contributed by atoms with van der Waals surface area (Å²) < 4.78 is 37.5. The minimum Gasteiger partial charge on any atom is -0.481 e. The Bertz CT molecular complexity index is 349. The number of alkyl halides is 3. The highest BCUT2D eigenvalue weighted by molar-refractivity contribution is 5.77. The first-order valence-corrected chi connectivity index (χ1v) is 6.72. The first kappa shape index (κ1) is 16.8. The number of carboxylic acid groups (broad SMARTS) is 1. The molecule has 20 heavy (non-hydrogen) atoms. The summed E-state index contributed by atoms with van der Waals surface area (Å²) in [5, 5.41) is 8.53. The second-order valence-corrected chi connectivity index (χ2v) is 5.42. The number of rotatable bonds is 5. The van der Waals surface area contributed by atoms with E-state index >= 15 is 0 Å². The molecule has 0 saturated heterocycles. The Kier molecular flexibility index (Phi) is 5.83. The maximum Gasteiger partial charge on any atom is 0.391 e. The van der Waals surface area contributed by atoms with Crippen LogP contribution < -0.4 is 0 Å². The molecule has 1 rings (SSSR count). The Morgan fingerprint density at radius 3 is 2.20 bits per heavy atom. The lowest BCUT2D eigenvalue weighted by molar-refractivity contribution is -0.184. The Hall–Kier alpha value is -1.27. The van der Waals surface area contributed by atoms with Crippen molar-refractivity contribution in [3.63, 3.8) is 0 Å². The molecule has 0 radical (unpaired) electrons. The van der Waals surface area contributed by atoms with Crippen LogP contribution in [0, 0.1) is 11.8 Å². The molecule has 0 aliphatic heterocycles. The van der Waals surface area contributed by atoms with E-state index < -0.39 is 18.1 Å². The van der Waals surface area contributed by atoms with Crippen molar-refractivity contribution in [2.45, 2.75) is 44.7 Å². The fourth-order valence-electron chi connectivity index (χ4n) is 2.48. The smallest absolute Gasteiger partial charge is 0.391 e. The summed E-state index contributed by atoms with van der Waals surface area (Å²) >= 11 is 0. The zero-order valence-electron chi connectivity index (χ0n) is 11.4. The van der Waals surface area contributed by atoms with E-state index in [4.69, 9.17) is 5.11 Å². The second kappa shape index (κ2) is 6.95. The molecule has 1 aliphatic rings. The van der Waals surface area contributed by atoms with Crippen molar-refractivity contribution < 1.29 is 27.9 Å². The van der Waals surface area contributed by atoms with Crippen LogP contribution in [0.5, 0.6) is 0 Å². The van der Waals surface area contributed by atoms with Crippen LogP contribution in [-0.2, 0) is 9.59 Å². The summed E-state index contributed by atoms with van der Waals surface area (Å²) in [6, 6.07) is 0. The molecule has 0 bridgehead atoms. The molecule has 0 heterocycles. The third-order valence-electron chi connectivity index (χ3n) is 3.86. The lowest BCUT2D eigenvalue weighted by atomic mass is 9.80. The quantitative estimate of drug-likeness (QED) is 0.848. The zero-order valence-corrected chi connectivity index (χ0v) is 11.4. The van der Waals surface area contributed by atoms with E-state index in [1.165, 1.54) is 11.9 Å². The first-order valence-electron chi connectivity index (χ1n) is 6.72. The number of carbonyl (C=O) groups is 2. The van der Waals surface area contributed by atoms with Gasteiger partial charge in [-0.2, -0.15) is 13.2 Å². The van der Waals surface area contributed by atoms with Crippen LogP contribution in [0.25, 0.3) is 0 Å². The van der Waals surface area contributed by atoms with Crippen LogP contribution in [0.3, 0.4) is 0 Å². The topological polar surface area (TPSA) is 57.6 Å². The van der Waals surface area contributed by atoms with Gasteiger partial charge in [-0.15, -0.1) is 0 Å². The lowest BCUT2D eigenvalue weighted by Crippen LogP contribution is -2.33. The molecule has 1 aliphatic carbocycles. The summed E-state index contributed by atoms with van der Waals surface area (Å²) in [6.07, 6.45) is -3.07. The fraction of sp³-hybridized carbons (Fsp3) is 0.846. The molecule has 0 spiro atoms. The van der Waals surface area contributed by atoms with Crippen LogP contribution in [0.4, 0.5) is 13.2 Å². The van der Waals surface area contributed by atoms with Crippen LogP contribution in [0.2, 0.25) is 0 Å². The maximum absolute atomic E-state index is 12.5. The predicted octanol–water partition coefficient (Wildman–Crippen LogP) is 2.68. The van der Waals surface area contributed by atoms with Gasteiger partial charge in [0.05, 0.1) is 12.3 Å². The average molecular weight is 295 g/mol. The number of halogens is 3. The molecule has 0 unspecified atom stereocenters. The van der Waals surface area contributed by atoms with E-state index in [1.807, 2.05) is 0 Å². The summed E-state index contributed by atoms with van der Waals surface area (Å²) in [5.74, 6) is -2.43. The second-order valence-electron chi connectivity index (χ2n) is 5.42. The molecule has 0 aromatic rings. The van der Waals surface area contributed by atoms with E-state index in [-0.39, 0.29) is 44.1 Å². The van der Waals surface area contributed by atoms with Gasteiger partial charge in [-0.25, -0.2) is 0 Å². The molecule has 1 amide bonds. The molecule has 0 atom stereocenters. The summed E-state index contributed by atoms with van der Waals surface area (Å²) in [7, 11) is 1.52. The molecule has 0 aromatic heterocycles. The highest BCUT2D eigenvalue weighted by Crippen LogP contribution is 2.40. The highest BCUT2D eigenvalue weighted by atomic mass is 19.4. The zero-order chi connectivity index (χ0) is 15.3. The largest absolute Gasteiger partial charge is 0.481 e. The molecule has 0 aromatic carbocycles. The van der Waals surface area contributed by atoms with Gasteiger partial charge in [0.15, 0.2) is 0 Å². The van der Waals surface area contributed by atoms with Crippen LogP contribution in [-0.4, -0.2) is 41.7 Å². The van der Waals surface area contributed by atoms with Gasteiger partial charge in [0.1, 0.15) is 0 Å². The number of amides is 1. The monoisotopic (exact) mass is 295 g/mol. The molecular formula is C13H20F3NO3.